The van der Waals surface area contributed by atoms with E-state index in [-0.39, 0.29) is 0 Å². The van der Waals surface area contributed by atoms with Crippen LogP contribution < -0.4 is 5.32 Å². The summed E-state index contributed by atoms with van der Waals surface area (Å²) in [7, 11) is 1.90. The zero-order chi connectivity index (χ0) is 14.1. The maximum atomic E-state index is 5.85. The highest BCUT2D eigenvalue weighted by atomic mass is 35.5. The number of hydrogen-bond donors (Lipinski definition) is 1. The van der Waals surface area contributed by atoms with Crippen molar-refractivity contribution in [2.24, 2.45) is 7.05 Å². The maximum Gasteiger partial charge on any atom is 0.157 e. The summed E-state index contributed by atoms with van der Waals surface area (Å²) in [4.78, 5) is 8.64. The number of fused-ring (bicyclic) bond motifs is 1. The highest BCUT2D eigenvalue weighted by Crippen LogP contribution is 2.17. The lowest BCUT2D eigenvalue weighted by Crippen LogP contribution is -2.02. The first-order valence-corrected chi connectivity index (χ1v) is 6.66. The van der Waals surface area contributed by atoms with Crippen molar-refractivity contribution in [3.05, 3.63) is 46.9 Å². The lowest BCUT2D eigenvalue weighted by atomic mass is 10.2. The largest absolute Gasteiger partial charge is 0.366 e. The molecule has 0 saturated heterocycles. The van der Waals surface area contributed by atoms with Gasteiger partial charge in [-0.25, -0.2) is 9.97 Å². The molecule has 0 atom stereocenters. The van der Waals surface area contributed by atoms with Gasteiger partial charge in [-0.1, -0.05) is 17.7 Å². The predicted molar refractivity (Wildman–Crippen MR) is 79.8 cm³/mol. The number of aromatic nitrogens is 4. The average molecular weight is 288 g/mol. The third kappa shape index (κ3) is 2.44. The molecule has 0 amide bonds. The van der Waals surface area contributed by atoms with Gasteiger partial charge in [-0.2, -0.15) is 5.10 Å². The second-order valence-electron chi connectivity index (χ2n) is 4.62. The van der Waals surface area contributed by atoms with Gasteiger partial charge in [-0.15, -0.1) is 0 Å². The first kappa shape index (κ1) is 12.9. The van der Waals surface area contributed by atoms with E-state index in [0.717, 1.165) is 28.1 Å². The average Bonchev–Trinajstić information content (AvgIpc) is 2.72. The van der Waals surface area contributed by atoms with Gasteiger partial charge >= 0.3 is 0 Å². The van der Waals surface area contributed by atoms with E-state index in [1.807, 2.05) is 32.3 Å². The molecule has 0 aliphatic rings. The minimum Gasteiger partial charge on any atom is -0.366 e. The van der Waals surface area contributed by atoms with Gasteiger partial charge in [0, 0.05) is 25.2 Å². The molecule has 0 fully saturated rings. The van der Waals surface area contributed by atoms with Crippen molar-refractivity contribution in [1.29, 1.82) is 0 Å². The Hall–Kier alpha value is -2.14. The highest BCUT2D eigenvalue weighted by molar-refractivity contribution is 6.29. The number of pyridine rings is 2. The molecular formula is C14H14ClN5. The SMILES string of the molecule is Cc1nn(C)c2ncc(CNc3cccc(Cl)n3)cc12. The molecule has 20 heavy (non-hydrogen) atoms. The molecule has 5 nitrogen and oxygen atoms in total. The van der Waals surface area contributed by atoms with Crippen LogP contribution in [0.1, 0.15) is 11.3 Å². The van der Waals surface area contributed by atoms with E-state index in [0.29, 0.717) is 11.7 Å². The summed E-state index contributed by atoms with van der Waals surface area (Å²) in [5, 5.41) is 9.15. The lowest BCUT2D eigenvalue weighted by molar-refractivity contribution is 0.773. The molecule has 6 heteroatoms. The van der Waals surface area contributed by atoms with Crippen molar-refractivity contribution in [3.63, 3.8) is 0 Å². The Balaban J connectivity index is 1.83. The van der Waals surface area contributed by atoms with E-state index in [2.05, 4.69) is 26.4 Å². The topological polar surface area (TPSA) is 55.6 Å². The van der Waals surface area contributed by atoms with E-state index >= 15 is 0 Å². The van der Waals surface area contributed by atoms with Crippen LogP contribution in [-0.2, 0) is 13.6 Å². The number of anilines is 1. The van der Waals surface area contributed by atoms with E-state index in [1.54, 1.807) is 10.7 Å². The zero-order valence-corrected chi connectivity index (χ0v) is 12.0. The van der Waals surface area contributed by atoms with Crippen LogP contribution in [0.5, 0.6) is 0 Å². The number of nitrogens with zero attached hydrogens (tertiary/aromatic N) is 4. The molecule has 0 bridgehead atoms. The fraction of sp³-hybridized carbons (Fsp3) is 0.214. The normalized spacial score (nSPS) is 10.9. The molecular weight excluding hydrogens is 274 g/mol. The number of halogens is 1. The second kappa shape index (κ2) is 5.09. The Bertz CT molecular complexity index is 765. The summed E-state index contributed by atoms with van der Waals surface area (Å²) < 4.78 is 1.79. The molecule has 0 spiro atoms. The summed E-state index contributed by atoms with van der Waals surface area (Å²) in [6.45, 7) is 2.63. The van der Waals surface area contributed by atoms with Crippen LogP contribution in [0.3, 0.4) is 0 Å². The molecule has 3 aromatic heterocycles. The van der Waals surface area contributed by atoms with E-state index in [4.69, 9.17) is 11.6 Å². The number of hydrogen-bond acceptors (Lipinski definition) is 4. The quantitative estimate of drug-likeness (QED) is 0.753. The first-order valence-electron chi connectivity index (χ1n) is 6.28. The van der Waals surface area contributed by atoms with Gasteiger partial charge < -0.3 is 5.32 Å². The van der Waals surface area contributed by atoms with Crippen LogP contribution in [0.15, 0.2) is 30.5 Å². The summed E-state index contributed by atoms with van der Waals surface area (Å²) in [5.41, 5.74) is 2.96. The van der Waals surface area contributed by atoms with Crippen molar-refractivity contribution in [2.75, 3.05) is 5.32 Å². The van der Waals surface area contributed by atoms with Gasteiger partial charge in [0.25, 0.3) is 0 Å². The maximum absolute atomic E-state index is 5.85. The summed E-state index contributed by atoms with van der Waals surface area (Å²) >= 11 is 5.85. The van der Waals surface area contributed by atoms with Crippen LogP contribution in [0.2, 0.25) is 5.15 Å². The molecule has 0 saturated carbocycles. The molecule has 0 aliphatic heterocycles. The van der Waals surface area contributed by atoms with Gasteiger partial charge in [0.1, 0.15) is 11.0 Å². The minimum atomic E-state index is 0.478. The van der Waals surface area contributed by atoms with Crippen LogP contribution >= 0.6 is 11.6 Å². The Kier molecular flexibility index (Phi) is 3.28. The van der Waals surface area contributed by atoms with Crippen molar-refractivity contribution in [2.45, 2.75) is 13.5 Å². The smallest absolute Gasteiger partial charge is 0.157 e. The number of aryl methyl sites for hydroxylation is 2. The number of nitrogens with one attached hydrogen (secondary N) is 1. The van der Waals surface area contributed by atoms with Gasteiger partial charge in [-0.05, 0) is 30.7 Å². The zero-order valence-electron chi connectivity index (χ0n) is 11.3. The van der Waals surface area contributed by atoms with E-state index < -0.39 is 0 Å². The summed E-state index contributed by atoms with van der Waals surface area (Å²) in [6, 6.07) is 7.60. The minimum absolute atomic E-state index is 0.478. The second-order valence-corrected chi connectivity index (χ2v) is 5.01. The third-order valence-electron chi connectivity index (χ3n) is 3.11. The molecule has 3 aromatic rings. The van der Waals surface area contributed by atoms with Crippen molar-refractivity contribution in [3.8, 4) is 0 Å². The fourth-order valence-electron chi connectivity index (χ4n) is 2.15. The standard InChI is InChI=1S/C14H14ClN5/c1-9-11-6-10(8-17-14(11)20(2)19-9)7-16-13-5-3-4-12(15)18-13/h3-6,8H,7H2,1-2H3,(H,16,18). The van der Waals surface area contributed by atoms with Crippen LogP contribution in [0, 0.1) is 6.92 Å². The fourth-order valence-corrected chi connectivity index (χ4v) is 2.31. The molecule has 0 aromatic carbocycles. The third-order valence-corrected chi connectivity index (χ3v) is 3.32. The molecule has 1 N–H and O–H groups in total. The van der Waals surface area contributed by atoms with Crippen LogP contribution in [0.4, 0.5) is 5.82 Å². The van der Waals surface area contributed by atoms with Gasteiger partial charge in [0.05, 0.1) is 5.69 Å². The molecule has 102 valence electrons. The summed E-state index contributed by atoms with van der Waals surface area (Å²) in [6.07, 6.45) is 1.85. The van der Waals surface area contributed by atoms with E-state index in [9.17, 15) is 0 Å². The summed E-state index contributed by atoms with van der Waals surface area (Å²) in [5.74, 6) is 0.750. The predicted octanol–water partition coefficient (Wildman–Crippen LogP) is 2.94. The Labute approximate surface area is 121 Å². The van der Waals surface area contributed by atoms with E-state index in [1.165, 1.54) is 0 Å². The van der Waals surface area contributed by atoms with Crippen molar-refractivity contribution >= 4 is 28.5 Å². The van der Waals surface area contributed by atoms with Gasteiger partial charge in [0.15, 0.2) is 5.65 Å². The molecule has 0 aliphatic carbocycles. The van der Waals surface area contributed by atoms with Crippen LogP contribution in [-0.4, -0.2) is 19.7 Å². The highest BCUT2D eigenvalue weighted by Gasteiger charge is 2.07. The molecule has 3 rings (SSSR count). The van der Waals surface area contributed by atoms with Crippen LogP contribution in [0.25, 0.3) is 11.0 Å². The van der Waals surface area contributed by atoms with Gasteiger partial charge in [-0.3, -0.25) is 4.68 Å². The monoisotopic (exact) mass is 287 g/mol. The molecule has 0 unspecified atom stereocenters. The molecule has 0 radical (unpaired) electrons. The number of rotatable bonds is 3. The first-order chi connectivity index (χ1) is 9.63. The van der Waals surface area contributed by atoms with Crippen molar-refractivity contribution in [1.82, 2.24) is 19.7 Å². The Morgan fingerprint density at radius 2 is 2.20 bits per heavy atom. The van der Waals surface area contributed by atoms with Gasteiger partial charge in [0.2, 0.25) is 0 Å². The van der Waals surface area contributed by atoms with Crippen molar-refractivity contribution < 1.29 is 0 Å². The molecule has 3 heterocycles. The Morgan fingerprint density at radius 3 is 3.00 bits per heavy atom. The Morgan fingerprint density at radius 1 is 1.35 bits per heavy atom. The lowest BCUT2D eigenvalue weighted by Gasteiger charge is -2.06.